The molecule has 2 aromatic carbocycles. The molecule has 29 heavy (non-hydrogen) atoms. The van der Waals surface area contributed by atoms with Crippen LogP contribution in [0.25, 0.3) is 0 Å². The summed E-state index contributed by atoms with van der Waals surface area (Å²) < 4.78 is 51.8. The van der Waals surface area contributed by atoms with Gasteiger partial charge in [0.1, 0.15) is 6.04 Å². The number of aryl methyl sites for hydroxylation is 1. The van der Waals surface area contributed by atoms with Gasteiger partial charge in [0.2, 0.25) is 15.9 Å². The number of benzene rings is 2. The molecule has 2 aromatic rings. The van der Waals surface area contributed by atoms with Gasteiger partial charge in [-0.05, 0) is 31.5 Å². The Bertz CT molecular complexity index is 968. The van der Waals surface area contributed by atoms with E-state index in [1.807, 2.05) is 25.1 Å². The third kappa shape index (κ3) is 6.71. The summed E-state index contributed by atoms with van der Waals surface area (Å²) >= 11 is 1.64. The van der Waals surface area contributed by atoms with Crippen molar-refractivity contribution in [2.75, 3.05) is 22.9 Å². The summed E-state index contributed by atoms with van der Waals surface area (Å²) in [7, 11) is -3.89. The summed E-state index contributed by atoms with van der Waals surface area (Å²) in [5.41, 5.74) is 2.27. The summed E-state index contributed by atoms with van der Waals surface area (Å²) in [6.07, 6.45) is 0.912. The summed E-state index contributed by atoms with van der Waals surface area (Å²) in [4.78, 5) is 12.4. The highest BCUT2D eigenvalue weighted by Crippen LogP contribution is 2.23. The van der Waals surface area contributed by atoms with Gasteiger partial charge in [-0.15, -0.1) is 0 Å². The zero-order valence-electron chi connectivity index (χ0n) is 16.5. The molecule has 0 spiro atoms. The number of carbonyl (C=O) groups excluding carboxylic acids is 1. The molecule has 0 unspecified atom stereocenters. The summed E-state index contributed by atoms with van der Waals surface area (Å²) in [6, 6.07) is 9.75. The van der Waals surface area contributed by atoms with Gasteiger partial charge in [0, 0.05) is 24.1 Å². The van der Waals surface area contributed by atoms with Crippen molar-refractivity contribution in [2.24, 2.45) is 0 Å². The van der Waals surface area contributed by atoms with Gasteiger partial charge >= 0.3 is 0 Å². The molecule has 1 amide bonds. The minimum atomic E-state index is -3.89. The average Bonchev–Trinajstić information content (AvgIpc) is 2.63. The van der Waals surface area contributed by atoms with Crippen LogP contribution in [0.3, 0.4) is 0 Å². The lowest BCUT2D eigenvalue weighted by Gasteiger charge is -2.28. The van der Waals surface area contributed by atoms with Crippen LogP contribution in [0.15, 0.2) is 42.5 Å². The monoisotopic (exact) mass is 442 g/mol. The Morgan fingerprint density at radius 3 is 2.52 bits per heavy atom. The van der Waals surface area contributed by atoms with E-state index in [1.54, 1.807) is 11.8 Å². The van der Waals surface area contributed by atoms with Crippen molar-refractivity contribution >= 4 is 33.4 Å². The van der Waals surface area contributed by atoms with E-state index in [1.165, 1.54) is 18.1 Å². The highest BCUT2D eigenvalue weighted by atomic mass is 32.2. The standard InChI is InChI=1S/C20H24F2N2O3S2/c1-14-5-4-6-16(11-14)13-28-10-9-23-20(25)15(2)24(29(3,26)27)17-7-8-18(21)19(22)12-17/h4-8,11-12,15H,9-10,13H2,1-3H3,(H,23,25)/t15-/m0/s1. The lowest BCUT2D eigenvalue weighted by Crippen LogP contribution is -2.48. The van der Waals surface area contributed by atoms with Crippen molar-refractivity contribution in [2.45, 2.75) is 25.6 Å². The van der Waals surface area contributed by atoms with E-state index in [0.717, 1.165) is 34.5 Å². The van der Waals surface area contributed by atoms with Crippen LogP contribution in [0.2, 0.25) is 0 Å². The summed E-state index contributed by atoms with van der Waals surface area (Å²) in [6.45, 7) is 3.78. The van der Waals surface area contributed by atoms with Crippen LogP contribution in [0.1, 0.15) is 18.1 Å². The van der Waals surface area contributed by atoms with E-state index >= 15 is 0 Å². The van der Waals surface area contributed by atoms with Crippen molar-refractivity contribution < 1.29 is 22.0 Å². The third-order valence-corrected chi connectivity index (χ3v) is 6.41. The second-order valence-corrected chi connectivity index (χ2v) is 9.63. The number of amides is 1. The highest BCUT2D eigenvalue weighted by molar-refractivity contribution is 7.98. The molecule has 158 valence electrons. The molecule has 1 atom stereocenters. The van der Waals surface area contributed by atoms with Gasteiger partial charge in [0.15, 0.2) is 11.6 Å². The highest BCUT2D eigenvalue weighted by Gasteiger charge is 2.29. The van der Waals surface area contributed by atoms with Gasteiger partial charge in [-0.3, -0.25) is 9.10 Å². The third-order valence-electron chi connectivity index (χ3n) is 4.14. The van der Waals surface area contributed by atoms with Crippen LogP contribution in [0.5, 0.6) is 0 Å². The number of sulfonamides is 1. The number of hydrogen-bond donors (Lipinski definition) is 1. The van der Waals surface area contributed by atoms with Crippen LogP contribution in [-0.4, -0.2) is 38.9 Å². The van der Waals surface area contributed by atoms with Crippen molar-refractivity contribution in [3.8, 4) is 0 Å². The first-order valence-electron chi connectivity index (χ1n) is 8.95. The molecular formula is C20H24F2N2O3S2. The number of anilines is 1. The molecule has 0 saturated heterocycles. The number of hydrogen-bond acceptors (Lipinski definition) is 4. The molecule has 9 heteroatoms. The van der Waals surface area contributed by atoms with Crippen LogP contribution in [0.4, 0.5) is 14.5 Å². The first kappa shape index (κ1) is 23.2. The summed E-state index contributed by atoms with van der Waals surface area (Å²) in [5.74, 6) is -1.34. The van der Waals surface area contributed by atoms with Gasteiger partial charge in [0.25, 0.3) is 0 Å². The largest absolute Gasteiger partial charge is 0.353 e. The molecule has 1 N–H and O–H groups in total. The number of thioether (sulfide) groups is 1. The molecule has 0 heterocycles. The van der Waals surface area contributed by atoms with Crippen molar-refractivity contribution in [3.05, 3.63) is 65.2 Å². The van der Waals surface area contributed by atoms with Crippen LogP contribution in [0, 0.1) is 18.6 Å². The number of nitrogens with one attached hydrogen (secondary N) is 1. The second kappa shape index (κ2) is 10.1. The maximum absolute atomic E-state index is 13.5. The molecule has 0 aliphatic heterocycles. The van der Waals surface area contributed by atoms with Gasteiger partial charge in [-0.2, -0.15) is 11.8 Å². The first-order valence-corrected chi connectivity index (χ1v) is 12.0. The predicted molar refractivity (Wildman–Crippen MR) is 113 cm³/mol. The SMILES string of the molecule is Cc1cccc(CSCCNC(=O)[C@H](C)N(c2ccc(F)c(F)c2)S(C)(=O)=O)c1. The fourth-order valence-corrected chi connectivity index (χ4v) is 4.79. The van der Waals surface area contributed by atoms with Gasteiger partial charge < -0.3 is 5.32 Å². The van der Waals surface area contributed by atoms with Crippen molar-refractivity contribution in [1.82, 2.24) is 5.32 Å². The normalized spacial score (nSPS) is 12.4. The van der Waals surface area contributed by atoms with Crippen molar-refractivity contribution in [3.63, 3.8) is 0 Å². The molecule has 0 aliphatic carbocycles. The molecule has 0 bridgehead atoms. The topological polar surface area (TPSA) is 66.5 Å². The first-order chi connectivity index (χ1) is 13.6. The lowest BCUT2D eigenvalue weighted by molar-refractivity contribution is -0.121. The maximum Gasteiger partial charge on any atom is 0.243 e. The zero-order chi connectivity index (χ0) is 21.6. The zero-order valence-corrected chi connectivity index (χ0v) is 18.1. The molecule has 0 aliphatic rings. The van der Waals surface area contributed by atoms with E-state index in [4.69, 9.17) is 0 Å². The number of nitrogens with zero attached hydrogens (tertiary/aromatic N) is 1. The fraction of sp³-hybridized carbons (Fsp3) is 0.350. The molecule has 0 aromatic heterocycles. The predicted octanol–water partition coefficient (Wildman–Crippen LogP) is 3.48. The molecule has 2 rings (SSSR count). The van der Waals surface area contributed by atoms with E-state index in [9.17, 15) is 22.0 Å². The van der Waals surface area contributed by atoms with E-state index in [2.05, 4.69) is 11.4 Å². The molecule has 0 saturated carbocycles. The van der Waals surface area contributed by atoms with E-state index in [0.29, 0.717) is 12.3 Å². The minimum absolute atomic E-state index is 0.108. The van der Waals surface area contributed by atoms with Crippen molar-refractivity contribution in [1.29, 1.82) is 0 Å². The summed E-state index contributed by atoms with van der Waals surface area (Å²) in [5, 5.41) is 2.69. The number of halogens is 2. The van der Waals surface area contributed by atoms with Crippen LogP contribution >= 0.6 is 11.8 Å². The van der Waals surface area contributed by atoms with Gasteiger partial charge in [-0.25, -0.2) is 17.2 Å². The van der Waals surface area contributed by atoms with Gasteiger partial charge in [-0.1, -0.05) is 29.8 Å². The minimum Gasteiger partial charge on any atom is -0.353 e. The Hall–Kier alpha value is -2.13. The second-order valence-electron chi connectivity index (χ2n) is 6.67. The van der Waals surface area contributed by atoms with E-state index in [-0.39, 0.29) is 5.69 Å². The number of carbonyl (C=O) groups is 1. The lowest BCUT2D eigenvalue weighted by atomic mass is 10.2. The average molecular weight is 443 g/mol. The quantitative estimate of drug-likeness (QED) is 0.604. The molecule has 0 radical (unpaired) electrons. The van der Waals surface area contributed by atoms with E-state index < -0.39 is 33.6 Å². The maximum atomic E-state index is 13.5. The van der Waals surface area contributed by atoms with Gasteiger partial charge in [0.05, 0.1) is 11.9 Å². The van der Waals surface area contributed by atoms with Crippen LogP contribution in [-0.2, 0) is 20.6 Å². The Kier molecular flexibility index (Phi) is 8.04. The fourth-order valence-electron chi connectivity index (χ4n) is 2.82. The number of rotatable bonds is 9. The Balaban J connectivity index is 1.94. The Morgan fingerprint density at radius 2 is 1.90 bits per heavy atom. The molecule has 5 nitrogen and oxygen atoms in total. The Labute approximate surface area is 174 Å². The van der Waals surface area contributed by atoms with Crippen LogP contribution < -0.4 is 9.62 Å². The molecule has 0 fully saturated rings. The molecular weight excluding hydrogens is 418 g/mol. The Morgan fingerprint density at radius 1 is 1.17 bits per heavy atom. The smallest absolute Gasteiger partial charge is 0.243 e.